The minimum Gasteiger partial charge on any atom is -0.439 e. The van der Waals surface area contributed by atoms with Gasteiger partial charge in [0.25, 0.3) is 0 Å². The lowest BCUT2D eigenvalue weighted by atomic mass is 9.99. The highest BCUT2D eigenvalue weighted by Crippen LogP contribution is 2.41. The van der Waals surface area contributed by atoms with Gasteiger partial charge in [-0.3, -0.25) is 15.0 Å². The van der Waals surface area contributed by atoms with Gasteiger partial charge < -0.3 is 14.2 Å². The van der Waals surface area contributed by atoms with Crippen LogP contribution in [0.5, 0.6) is 11.6 Å². The molecular formula is C25H26N6O4. The van der Waals surface area contributed by atoms with Gasteiger partial charge >= 0.3 is 6.03 Å². The number of fused-ring (bicyclic) bond motifs is 2. The van der Waals surface area contributed by atoms with Crippen molar-refractivity contribution in [2.75, 3.05) is 16.8 Å². The predicted octanol–water partition coefficient (Wildman–Crippen LogP) is 4.02. The molecule has 1 aliphatic carbocycles. The molecule has 3 aliphatic rings. The number of rotatable bonds is 4. The third kappa shape index (κ3) is 4.09. The van der Waals surface area contributed by atoms with Crippen LogP contribution in [0, 0.1) is 0 Å². The summed E-state index contributed by atoms with van der Waals surface area (Å²) in [6, 6.07) is 7.31. The molecule has 4 heterocycles. The number of ether oxygens (including phenoxy) is 1. The third-order valence-corrected chi connectivity index (χ3v) is 6.90. The number of nitrogens with one attached hydrogen (secondary N) is 1. The van der Waals surface area contributed by atoms with Crippen molar-refractivity contribution in [2.24, 2.45) is 0 Å². The number of nitrogens with zero attached hydrogens (tertiary/aromatic N) is 5. The molecule has 2 aliphatic heterocycles. The van der Waals surface area contributed by atoms with Crippen LogP contribution in [0.2, 0.25) is 0 Å². The molecule has 0 radical (unpaired) electrons. The van der Waals surface area contributed by atoms with Gasteiger partial charge in [-0.2, -0.15) is 0 Å². The Hall–Kier alpha value is -3.95. The Labute approximate surface area is 202 Å². The second-order valence-corrected chi connectivity index (χ2v) is 9.42. The summed E-state index contributed by atoms with van der Waals surface area (Å²) in [4.78, 5) is 37.0. The van der Waals surface area contributed by atoms with Crippen LogP contribution in [0.3, 0.4) is 0 Å². The molecule has 6 rings (SSSR count). The van der Waals surface area contributed by atoms with Gasteiger partial charge in [-0.1, -0.05) is 5.16 Å². The van der Waals surface area contributed by atoms with Crippen LogP contribution < -0.4 is 15.0 Å². The number of amides is 3. The molecule has 180 valence electrons. The van der Waals surface area contributed by atoms with E-state index in [-0.39, 0.29) is 18.0 Å². The molecule has 10 nitrogen and oxygen atoms in total. The molecule has 0 spiro atoms. The van der Waals surface area contributed by atoms with Crippen molar-refractivity contribution in [2.45, 2.75) is 58.0 Å². The molecule has 0 saturated heterocycles. The molecule has 0 bridgehead atoms. The molecule has 1 atom stereocenters. The van der Waals surface area contributed by atoms with E-state index in [1.165, 1.54) is 6.33 Å². The van der Waals surface area contributed by atoms with Gasteiger partial charge in [0.05, 0.1) is 12.2 Å². The molecule has 2 aromatic heterocycles. The fourth-order valence-electron chi connectivity index (χ4n) is 4.85. The summed E-state index contributed by atoms with van der Waals surface area (Å²) in [5.41, 5.74) is 3.61. The predicted molar refractivity (Wildman–Crippen MR) is 126 cm³/mol. The Balaban J connectivity index is 1.17. The Bertz CT molecular complexity index is 1320. The molecule has 1 N–H and O–H groups in total. The number of carbonyl (C=O) groups is 2. The monoisotopic (exact) mass is 474 g/mol. The first-order valence-corrected chi connectivity index (χ1v) is 11.9. The molecule has 3 aromatic rings. The quantitative estimate of drug-likeness (QED) is 0.607. The maximum Gasteiger partial charge on any atom is 0.327 e. The number of hydrogen-bond donors (Lipinski definition) is 1. The van der Waals surface area contributed by atoms with E-state index in [1.807, 2.05) is 31.2 Å². The summed E-state index contributed by atoms with van der Waals surface area (Å²) in [5, 5.41) is 6.81. The Morgan fingerprint density at radius 2 is 2.06 bits per heavy atom. The zero-order valence-electron chi connectivity index (χ0n) is 19.7. The van der Waals surface area contributed by atoms with Crippen molar-refractivity contribution >= 4 is 23.4 Å². The molecule has 1 aromatic carbocycles. The van der Waals surface area contributed by atoms with E-state index in [4.69, 9.17) is 9.26 Å². The van der Waals surface area contributed by atoms with Gasteiger partial charge in [-0.15, -0.1) is 0 Å². The summed E-state index contributed by atoms with van der Waals surface area (Å²) in [7, 11) is 0. The molecule has 0 unspecified atom stereocenters. The number of benzene rings is 1. The lowest BCUT2D eigenvalue weighted by molar-refractivity contribution is -0.132. The van der Waals surface area contributed by atoms with E-state index in [0.717, 1.165) is 47.5 Å². The summed E-state index contributed by atoms with van der Waals surface area (Å²) in [5.74, 6) is 2.91. The SMILES string of the molecule is CC(=O)N1Cc2ncnc(Oc3ccc4c(c3)CCN4C(=O)Nc3cc(C4CC4)on3)c2C[C@H]1C. The van der Waals surface area contributed by atoms with Crippen LogP contribution in [0.15, 0.2) is 35.1 Å². The highest BCUT2D eigenvalue weighted by Gasteiger charge is 2.31. The summed E-state index contributed by atoms with van der Waals surface area (Å²) < 4.78 is 11.5. The molecule has 1 fully saturated rings. The largest absolute Gasteiger partial charge is 0.439 e. The fourth-order valence-corrected chi connectivity index (χ4v) is 4.85. The third-order valence-electron chi connectivity index (χ3n) is 6.90. The van der Waals surface area contributed by atoms with Crippen LogP contribution in [0.4, 0.5) is 16.3 Å². The van der Waals surface area contributed by atoms with E-state index in [1.54, 1.807) is 16.7 Å². The van der Waals surface area contributed by atoms with Crippen molar-refractivity contribution in [3.05, 3.63) is 53.2 Å². The van der Waals surface area contributed by atoms with E-state index in [9.17, 15) is 9.59 Å². The second-order valence-electron chi connectivity index (χ2n) is 9.42. The van der Waals surface area contributed by atoms with Gasteiger partial charge in [0.2, 0.25) is 11.8 Å². The Morgan fingerprint density at radius 1 is 1.20 bits per heavy atom. The van der Waals surface area contributed by atoms with Crippen LogP contribution in [-0.2, 0) is 24.2 Å². The van der Waals surface area contributed by atoms with Crippen molar-refractivity contribution in [1.82, 2.24) is 20.0 Å². The van der Waals surface area contributed by atoms with Gasteiger partial charge in [0.1, 0.15) is 17.8 Å². The lowest BCUT2D eigenvalue weighted by Gasteiger charge is -2.33. The summed E-state index contributed by atoms with van der Waals surface area (Å²) in [6.07, 6.45) is 5.05. The summed E-state index contributed by atoms with van der Waals surface area (Å²) >= 11 is 0. The average molecular weight is 475 g/mol. The van der Waals surface area contributed by atoms with Crippen LogP contribution in [0.1, 0.15) is 55.2 Å². The average Bonchev–Trinajstić information content (AvgIpc) is 3.44. The Morgan fingerprint density at radius 3 is 2.86 bits per heavy atom. The topological polar surface area (TPSA) is 114 Å². The van der Waals surface area contributed by atoms with Gasteiger partial charge in [0, 0.05) is 42.7 Å². The van der Waals surface area contributed by atoms with Crippen molar-refractivity contribution in [3.63, 3.8) is 0 Å². The maximum atomic E-state index is 12.9. The van der Waals surface area contributed by atoms with Gasteiger partial charge in [-0.25, -0.2) is 14.8 Å². The first-order valence-electron chi connectivity index (χ1n) is 11.9. The maximum absolute atomic E-state index is 12.9. The van der Waals surface area contributed by atoms with Crippen molar-refractivity contribution in [1.29, 1.82) is 0 Å². The van der Waals surface area contributed by atoms with E-state index in [0.29, 0.717) is 42.9 Å². The molecule has 3 amide bonds. The van der Waals surface area contributed by atoms with Crippen molar-refractivity contribution < 1.29 is 18.8 Å². The number of urea groups is 1. The molecule has 35 heavy (non-hydrogen) atoms. The summed E-state index contributed by atoms with van der Waals surface area (Å²) in [6.45, 7) is 4.61. The zero-order chi connectivity index (χ0) is 24.1. The van der Waals surface area contributed by atoms with Crippen LogP contribution >= 0.6 is 0 Å². The minimum absolute atomic E-state index is 0.0309. The normalized spacial score (nSPS) is 18.7. The van der Waals surface area contributed by atoms with Crippen LogP contribution in [-0.4, -0.2) is 44.5 Å². The lowest BCUT2D eigenvalue weighted by Crippen LogP contribution is -2.41. The van der Waals surface area contributed by atoms with Crippen LogP contribution in [0.25, 0.3) is 0 Å². The fraction of sp³-hybridized carbons (Fsp3) is 0.400. The standard InChI is InChI=1S/C25H26N6O4/c1-14-9-19-20(12-31(14)15(2)32)26-13-27-24(19)34-18-5-6-21-17(10-18)7-8-30(21)25(33)28-23-11-22(35-29-23)16-3-4-16/h5-6,10-11,13-14,16H,3-4,7-9,12H2,1-2H3,(H,28,29,33)/t14-/m1/s1. The number of carbonyl (C=O) groups excluding carboxylic acids is 2. The number of anilines is 2. The van der Waals surface area contributed by atoms with E-state index in [2.05, 4.69) is 20.4 Å². The van der Waals surface area contributed by atoms with Gasteiger partial charge in [0.15, 0.2) is 5.82 Å². The number of aromatic nitrogens is 3. The minimum atomic E-state index is -0.234. The van der Waals surface area contributed by atoms with E-state index >= 15 is 0 Å². The highest BCUT2D eigenvalue weighted by molar-refractivity contribution is 6.02. The smallest absolute Gasteiger partial charge is 0.327 e. The Kier molecular flexibility index (Phi) is 5.16. The number of hydrogen-bond acceptors (Lipinski definition) is 7. The zero-order valence-corrected chi connectivity index (χ0v) is 19.7. The second kappa shape index (κ2) is 8.37. The first-order chi connectivity index (χ1) is 17.0. The first kappa shape index (κ1) is 21.6. The van der Waals surface area contributed by atoms with E-state index < -0.39 is 0 Å². The van der Waals surface area contributed by atoms with Crippen molar-refractivity contribution in [3.8, 4) is 11.6 Å². The van der Waals surface area contributed by atoms with Gasteiger partial charge in [-0.05, 0) is 56.4 Å². The molecule has 10 heteroatoms. The molecular weight excluding hydrogens is 448 g/mol. The highest BCUT2D eigenvalue weighted by atomic mass is 16.5. The molecule has 1 saturated carbocycles.